The standard InChI is InChI=1S/C11H16N4O2/c1-7-10(16)13-3-4-15(7)11(17)9-5-8(12)6-14(9)2/h5-7H,3-4,12H2,1-2H3,(H,13,16). The fourth-order valence-electron chi connectivity index (χ4n) is 2.01. The largest absolute Gasteiger partial charge is 0.397 e. The highest BCUT2D eigenvalue weighted by molar-refractivity contribution is 5.97. The van der Waals surface area contributed by atoms with Gasteiger partial charge in [0.2, 0.25) is 5.91 Å². The molecule has 1 saturated heterocycles. The van der Waals surface area contributed by atoms with E-state index in [1.54, 1.807) is 35.7 Å². The predicted molar refractivity (Wildman–Crippen MR) is 63.3 cm³/mol. The molecule has 0 aromatic carbocycles. The summed E-state index contributed by atoms with van der Waals surface area (Å²) in [6.07, 6.45) is 1.68. The van der Waals surface area contributed by atoms with Crippen LogP contribution in [0.3, 0.4) is 0 Å². The summed E-state index contributed by atoms with van der Waals surface area (Å²) in [6.45, 7) is 2.74. The van der Waals surface area contributed by atoms with Crippen LogP contribution in [0.4, 0.5) is 5.69 Å². The average molecular weight is 236 g/mol. The molecule has 92 valence electrons. The first-order valence-corrected chi connectivity index (χ1v) is 5.51. The molecule has 1 atom stereocenters. The second kappa shape index (κ2) is 4.12. The molecular weight excluding hydrogens is 220 g/mol. The van der Waals surface area contributed by atoms with E-state index in [2.05, 4.69) is 5.32 Å². The number of nitrogens with one attached hydrogen (secondary N) is 1. The highest BCUT2D eigenvalue weighted by Gasteiger charge is 2.30. The summed E-state index contributed by atoms with van der Waals surface area (Å²) in [4.78, 5) is 25.3. The van der Waals surface area contributed by atoms with Gasteiger partial charge in [-0.2, -0.15) is 0 Å². The van der Waals surface area contributed by atoms with E-state index in [0.29, 0.717) is 24.5 Å². The summed E-state index contributed by atoms with van der Waals surface area (Å²) in [5.74, 6) is -0.279. The molecule has 2 heterocycles. The number of amides is 2. The first kappa shape index (κ1) is 11.5. The van der Waals surface area contributed by atoms with Crippen LogP contribution in [0.15, 0.2) is 12.3 Å². The van der Waals surface area contributed by atoms with Gasteiger partial charge in [-0.3, -0.25) is 9.59 Å². The molecule has 1 aliphatic heterocycles. The lowest BCUT2D eigenvalue weighted by atomic mass is 10.2. The zero-order valence-corrected chi connectivity index (χ0v) is 9.93. The van der Waals surface area contributed by atoms with Crippen LogP contribution in [-0.2, 0) is 11.8 Å². The third-order valence-electron chi connectivity index (χ3n) is 3.00. The lowest BCUT2D eigenvalue weighted by molar-refractivity contribution is -0.127. The molecule has 2 rings (SSSR count). The number of aromatic nitrogens is 1. The third kappa shape index (κ3) is 1.98. The molecule has 6 nitrogen and oxygen atoms in total. The van der Waals surface area contributed by atoms with E-state index < -0.39 is 6.04 Å². The van der Waals surface area contributed by atoms with E-state index in [1.165, 1.54) is 0 Å². The Bertz CT molecular complexity index is 466. The second-order valence-corrected chi connectivity index (χ2v) is 4.24. The van der Waals surface area contributed by atoms with Crippen LogP contribution in [0.1, 0.15) is 17.4 Å². The molecule has 1 aromatic rings. The van der Waals surface area contributed by atoms with Gasteiger partial charge in [0.15, 0.2) is 0 Å². The summed E-state index contributed by atoms with van der Waals surface area (Å²) >= 11 is 0. The topological polar surface area (TPSA) is 80.4 Å². The molecule has 1 aliphatic rings. The summed E-state index contributed by atoms with van der Waals surface area (Å²) in [6, 6.07) is 1.19. The quantitative estimate of drug-likeness (QED) is 0.694. The maximum absolute atomic E-state index is 12.3. The van der Waals surface area contributed by atoms with Crippen molar-refractivity contribution in [2.75, 3.05) is 18.8 Å². The number of nitrogen functional groups attached to an aromatic ring is 1. The Morgan fingerprint density at radius 1 is 1.59 bits per heavy atom. The van der Waals surface area contributed by atoms with Crippen molar-refractivity contribution in [1.29, 1.82) is 0 Å². The van der Waals surface area contributed by atoms with Crippen molar-refractivity contribution < 1.29 is 9.59 Å². The Morgan fingerprint density at radius 3 is 2.88 bits per heavy atom. The number of rotatable bonds is 1. The Hall–Kier alpha value is -1.98. The van der Waals surface area contributed by atoms with E-state index in [1.807, 2.05) is 0 Å². The first-order chi connectivity index (χ1) is 8.00. The number of anilines is 1. The van der Waals surface area contributed by atoms with Crippen LogP contribution < -0.4 is 11.1 Å². The lowest BCUT2D eigenvalue weighted by Gasteiger charge is -2.32. The van der Waals surface area contributed by atoms with Crippen molar-refractivity contribution in [3.8, 4) is 0 Å². The molecule has 2 amide bonds. The molecule has 3 N–H and O–H groups in total. The number of piperazine rings is 1. The minimum atomic E-state index is -0.438. The van der Waals surface area contributed by atoms with E-state index >= 15 is 0 Å². The van der Waals surface area contributed by atoms with Crippen LogP contribution in [0.5, 0.6) is 0 Å². The first-order valence-electron chi connectivity index (χ1n) is 5.51. The molecule has 0 saturated carbocycles. The van der Waals surface area contributed by atoms with E-state index in [4.69, 9.17) is 5.73 Å². The highest BCUT2D eigenvalue weighted by Crippen LogP contribution is 2.14. The summed E-state index contributed by atoms with van der Waals surface area (Å²) < 4.78 is 1.68. The normalized spacial score (nSPS) is 20.2. The summed E-state index contributed by atoms with van der Waals surface area (Å²) in [7, 11) is 1.76. The van der Waals surface area contributed by atoms with E-state index in [9.17, 15) is 9.59 Å². The zero-order chi connectivity index (χ0) is 12.6. The van der Waals surface area contributed by atoms with E-state index in [-0.39, 0.29) is 11.8 Å². The van der Waals surface area contributed by atoms with Gasteiger partial charge in [-0.15, -0.1) is 0 Å². The molecule has 0 spiro atoms. The van der Waals surface area contributed by atoms with Crippen molar-refractivity contribution in [2.24, 2.45) is 7.05 Å². The SMILES string of the molecule is CC1C(=O)NCCN1C(=O)c1cc(N)cn1C. The number of nitrogens with two attached hydrogens (primary N) is 1. The fraction of sp³-hybridized carbons (Fsp3) is 0.455. The van der Waals surface area contributed by atoms with Crippen molar-refractivity contribution in [3.63, 3.8) is 0 Å². The van der Waals surface area contributed by atoms with Crippen molar-refractivity contribution in [1.82, 2.24) is 14.8 Å². The van der Waals surface area contributed by atoms with Gasteiger partial charge in [0, 0.05) is 26.3 Å². The summed E-state index contributed by atoms with van der Waals surface area (Å²) in [5, 5.41) is 2.72. The van der Waals surface area contributed by atoms with Crippen molar-refractivity contribution in [3.05, 3.63) is 18.0 Å². The Balaban J connectivity index is 2.25. The van der Waals surface area contributed by atoms with Gasteiger partial charge in [-0.1, -0.05) is 0 Å². The minimum absolute atomic E-state index is 0.119. The molecule has 1 aromatic heterocycles. The van der Waals surface area contributed by atoms with Crippen LogP contribution >= 0.6 is 0 Å². The molecule has 0 aliphatic carbocycles. The van der Waals surface area contributed by atoms with Crippen molar-refractivity contribution in [2.45, 2.75) is 13.0 Å². The van der Waals surface area contributed by atoms with Gasteiger partial charge < -0.3 is 20.5 Å². The van der Waals surface area contributed by atoms with Crippen LogP contribution in [0.25, 0.3) is 0 Å². The number of nitrogens with zero attached hydrogens (tertiary/aromatic N) is 2. The van der Waals surface area contributed by atoms with Gasteiger partial charge in [-0.25, -0.2) is 0 Å². The van der Waals surface area contributed by atoms with E-state index in [0.717, 1.165) is 0 Å². The van der Waals surface area contributed by atoms with Gasteiger partial charge in [-0.05, 0) is 13.0 Å². The molecule has 0 radical (unpaired) electrons. The molecule has 17 heavy (non-hydrogen) atoms. The number of aryl methyl sites for hydroxylation is 1. The number of hydrogen-bond donors (Lipinski definition) is 2. The van der Waals surface area contributed by atoms with Gasteiger partial charge >= 0.3 is 0 Å². The van der Waals surface area contributed by atoms with Crippen molar-refractivity contribution >= 4 is 17.5 Å². The number of carbonyl (C=O) groups excluding carboxylic acids is 2. The molecule has 0 bridgehead atoms. The van der Waals surface area contributed by atoms with Gasteiger partial charge in [0.25, 0.3) is 5.91 Å². The maximum atomic E-state index is 12.3. The zero-order valence-electron chi connectivity index (χ0n) is 9.93. The maximum Gasteiger partial charge on any atom is 0.271 e. The Labute approximate surface area is 99.4 Å². The van der Waals surface area contributed by atoms with Crippen LogP contribution in [-0.4, -0.2) is 40.4 Å². The Kier molecular flexibility index (Phi) is 2.79. The van der Waals surface area contributed by atoms with Crippen LogP contribution in [0, 0.1) is 0 Å². The number of carbonyl (C=O) groups is 2. The fourth-order valence-corrected chi connectivity index (χ4v) is 2.01. The summed E-state index contributed by atoms with van der Waals surface area (Å²) in [5.41, 5.74) is 6.69. The monoisotopic (exact) mass is 236 g/mol. The Morgan fingerprint density at radius 2 is 2.29 bits per heavy atom. The van der Waals surface area contributed by atoms with Gasteiger partial charge in [0.05, 0.1) is 5.69 Å². The number of hydrogen-bond acceptors (Lipinski definition) is 3. The van der Waals surface area contributed by atoms with Crippen LogP contribution in [0.2, 0.25) is 0 Å². The smallest absolute Gasteiger partial charge is 0.271 e. The minimum Gasteiger partial charge on any atom is -0.397 e. The molecule has 1 fully saturated rings. The predicted octanol–water partition coefficient (Wildman–Crippen LogP) is -0.432. The second-order valence-electron chi connectivity index (χ2n) is 4.24. The molecule has 6 heteroatoms. The third-order valence-corrected chi connectivity index (χ3v) is 3.00. The average Bonchev–Trinajstić information content (AvgIpc) is 2.61. The highest BCUT2D eigenvalue weighted by atomic mass is 16.2. The molecule has 1 unspecified atom stereocenters. The molecular formula is C11H16N4O2. The lowest BCUT2D eigenvalue weighted by Crippen LogP contribution is -2.56. The van der Waals surface area contributed by atoms with Gasteiger partial charge in [0.1, 0.15) is 11.7 Å².